The van der Waals surface area contributed by atoms with Gasteiger partial charge in [-0.2, -0.15) is 0 Å². The van der Waals surface area contributed by atoms with Crippen LogP contribution in [-0.2, 0) is 73.1 Å². The van der Waals surface area contributed by atoms with Gasteiger partial charge in [0, 0.05) is 31.0 Å². The number of alkyl carbamates (subject to hydrolysis) is 1. The van der Waals surface area contributed by atoms with E-state index in [1.165, 1.54) is 11.8 Å². The summed E-state index contributed by atoms with van der Waals surface area (Å²) in [6, 6.07) is -2.24. The number of carbonyl (C=O) groups excluding carboxylic acids is 4. The van der Waals surface area contributed by atoms with Gasteiger partial charge < -0.3 is 73.7 Å². The molecule has 0 unspecified atom stereocenters. The fraction of sp³-hybridized carbons (Fsp3) is 0.756. The number of unbranched alkanes of at least 4 members (excludes halogenated alkanes) is 1. The van der Waals surface area contributed by atoms with Crippen LogP contribution in [0.1, 0.15) is 53.9 Å². The van der Waals surface area contributed by atoms with E-state index in [1.54, 1.807) is 51.7 Å². The Balaban J connectivity index is 1.32. The van der Waals surface area contributed by atoms with Gasteiger partial charge in [0.05, 0.1) is 118 Å². The molecule has 4 amide bonds. The van der Waals surface area contributed by atoms with Crippen molar-refractivity contribution in [2.75, 3.05) is 138 Å². The second-order valence-corrected chi connectivity index (χ2v) is 17.5. The second kappa shape index (κ2) is 39.0. The molecule has 0 bridgehead atoms. The molecule has 0 saturated heterocycles. The number of ether oxygens (including phenoxy) is 10. The molecule has 26 heteroatoms. The summed E-state index contributed by atoms with van der Waals surface area (Å²) in [7, 11) is 0. The second-order valence-electron chi connectivity index (χ2n) is 16.7. The molecule has 2 aromatic heterocycles. The molecular formula is C45H77N9O16S. The minimum Gasteiger partial charge on any atom is -0.480 e. The standard InChI is InChI=1S/C45H77N9O16S/c1-34(2)40(41(57)50-36(42(58)59)9-7-8-10-47-44(60)70-45(3,4)5)51-39(56)33-69-32-38(55)46-11-13-61-15-17-63-19-21-65-23-25-67-27-28-68-26-24-66-22-20-64-18-16-62-14-12-54-31-37(52-53-54)35-29-48-43(71-6)49-30-35/h29-31,34,36,40H,7-28,32-33H2,1-6H3,(H,46,55)(H,47,60)(H,50,57)(H,51,56)(H,58,59)/t36-,40-/m0/s1. The molecule has 2 aromatic rings. The first kappa shape index (κ1) is 62.5. The molecule has 5 N–H and O–H groups in total. The summed E-state index contributed by atoms with van der Waals surface area (Å²) >= 11 is 1.48. The van der Waals surface area contributed by atoms with Crippen LogP contribution in [0.25, 0.3) is 11.3 Å². The number of carbonyl (C=O) groups is 5. The molecule has 0 aliphatic rings. The Hall–Kier alpha value is -4.64. The monoisotopic (exact) mass is 1030 g/mol. The molecule has 0 radical (unpaired) electrons. The van der Waals surface area contributed by atoms with Gasteiger partial charge in [-0.1, -0.05) is 30.8 Å². The molecule has 0 aromatic carbocycles. The fourth-order valence-electron chi connectivity index (χ4n) is 5.69. The maximum absolute atomic E-state index is 12.9. The Kier molecular flexibility index (Phi) is 34.3. The molecular weight excluding hydrogens is 955 g/mol. The Morgan fingerprint density at radius 3 is 1.66 bits per heavy atom. The Bertz CT molecular complexity index is 1760. The summed E-state index contributed by atoms with van der Waals surface area (Å²) in [6.07, 6.45) is 7.62. The first-order valence-corrected chi connectivity index (χ1v) is 24.9. The number of aliphatic carboxylic acids is 1. The molecule has 71 heavy (non-hydrogen) atoms. The van der Waals surface area contributed by atoms with Crippen molar-refractivity contribution in [3.8, 4) is 11.3 Å². The van der Waals surface area contributed by atoms with E-state index in [4.69, 9.17) is 47.4 Å². The molecule has 2 rings (SSSR count). The number of hydrogen-bond acceptors (Lipinski definition) is 20. The molecule has 2 heterocycles. The van der Waals surface area contributed by atoms with E-state index >= 15 is 0 Å². The molecule has 0 spiro atoms. The maximum Gasteiger partial charge on any atom is 0.407 e. The van der Waals surface area contributed by atoms with Crippen LogP contribution in [0.2, 0.25) is 0 Å². The van der Waals surface area contributed by atoms with Crippen LogP contribution >= 0.6 is 11.8 Å². The zero-order chi connectivity index (χ0) is 52.0. The van der Waals surface area contributed by atoms with Crippen molar-refractivity contribution < 1.29 is 76.4 Å². The number of thioether (sulfide) groups is 1. The predicted molar refractivity (Wildman–Crippen MR) is 258 cm³/mol. The highest BCUT2D eigenvalue weighted by Crippen LogP contribution is 2.16. The van der Waals surface area contributed by atoms with Crippen LogP contribution in [0, 0.1) is 5.92 Å². The van der Waals surface area contributed by atoms with Crippen molar-refractivity contribution in [2.24, 2.45) is 5.92 Å². The molecule has 0 fully saturated rings. The first-order chi connectivity index (χ1) is 34.2. The number of carboxylic acids is 1. The van der Waals surface area contributed by atoms with E-state index in [0.29, 0.717) is 129 Å². The summed E-state index contributed by atoms with van der Waals surface area (Å²) < 4.78 is 56.1. The maximum atomic E-state index is 12.9. The Morgan fingerprint density at radius 2 is 1.17 bits per heavy atom. The van der Waals surface area contributed by atoms with Gasteiger partial charge in [0.1, 0.15) is 36.6 Å². The number of nitrogens with one attached hydrogen (secondary N) is 4. The lowest BCUT2D eigenvalue weighted by Crippen LogP contribution is -2.54. The Labute approximate surface area is 420 Å². The zero-order valence-electron chi connectivity index (χ0n) is 42.1. The van der Waals surface area contributed by atoms with Crippen LogP contribution < -0.4 is 21.3 Å². The average Bonchev–Trinajstić information content (AvgIpc) is 3.80. The SMILES string of the molecule is CSc1ncc(-c2cn(CCOCCOCCOCCOCCOCCOCCOCCOCCNC(=O)COCC(=O)N[C@H](C(=O)N[C@@H](CCCCNC(=O)OC(C)(C)C)C(=O)O)C(C)C)nn2)cn1. The van der Waals surface area contributed by atoms with Gasteiger partial charge in [-0.25, -0.2) is 24.2 Å². The minimum absolute atomic E-state index is 0.110. The van der Waals surface area contributed by atoms with E-state index in [1.807, 2.05) is 12.5 Å². The van der Waals surface area contributed by atoms with Crippen LogP contribution in [0.15, 0.2) is 23.7 Å². The number of carboxylic acid groups (broad SMARTS) is 1. The number of hydrogen-bond donors (Lipinski definition) is 5. The number of nitrogens with zero attached hydrogens (tertiary/aromatic N) is 5. The van der Waals surface area contributed by atoms with Gasteiger partial charge in [-0.05, 0) is 52.2 Å². The normalized spacial score (nSPS) is 12.4. The molecule has 0 saturated carbocycles. The van der Waals surface area contributed by atoms with Crippen LogP contribution in [0.5, 0.6) is 0 Å². The third-order valence-corrected chi connectivity index (χ3v) is 9.79. The summed E-state index contributed by atoms with van der Waals surface area (Å²) in [4.78, 5) is 69.7. The highest BCUT2D eigenvalue weighted by atomic mass is 32.2. The number of aromatic nitrogens is 5. The van der Waals surface area contributed by atoms with Gasteiger partial charge in [0.25, 0.3) is 0 Å². The third-order valence-electron chi connectivity index (χ3n) is 9.22. The van der Waals surface area contributed by atoms with Crippen molar-refractivity contribution in [2.45, 2.75) is 83.3 Å². The van der Waals surface area contributed by atoms with E-state index in [0.717, 1.165) is 5.56 Å². The largest absolute Gasteiger partial charge is 0.480 e. The van der Waals surface area contributed by atoms with E-state index in [-0.39, 0.29) is 32.0 Å². The number of rotatable bonds is 43. The van der Waals surface area contributed by atoms with E-state index in [9.17, 15) is 29.1 Å². The highest BCUT2D eigenvalue weighted by molar-refractivity contribution is 7.98. The summed E-state index contributed by atoms with van der Waals surface area (Å²) in [5.74, 6) is -3.38. The topological polar surface area (TPSA) is 302 Å². The van der Waals surface area contributed by atoms with E-state index < -0.39 is 60.7 Å². The molecule has 25 nitrogen and oxygen atoms in total. The first-order valence-electron chi connectivity index (χ1n) is 23.7. The van der Waals surface area contributed by atoms with Crippen molar-refractivity contribution in [1.82, 2.24) is 46.2 Å². The van der Waals surface area contributed by atoms with Crippen LogP contribution in [0.3, 0.4) is 0 Å². The van der Waals surface area contributed by atoms with Crippen LogP contribution in [-0.4, -0.2) is 216 Å². The summed E-state index contributed by atoms with van der Waals surface area (Å²) in [5.41, 5.74) is 0.882. The smallest absolute Gasteiger partial charge is 0.407 e. The van der Waals surface area contributed by atoms with Crippen molar-refractivity contribution in [3.63, 3.8) is 0 Å². The average molecular weight is 1030 g/mol. The molecule has 0 aliphatic carbocycles. The minimum atomic E-state index is -1.23. The van der Waals surface area contributed by atoms with Crippen LogP contribution in [0.4, 0.5) is 4.79 Å². The van der Waals surface area contributed by atoms with E-state index in [2.05, 4.69) is 41.5 Å². The highest BCUT2D eigenvalue weighted by Gasteiger charge is 2.28. The van der Waals surface area contributed by atoms with Gasteiger partial charge in [0.2, 0.25) is 17.7 Å². The molecule has 2 atom stereocenters. The lowest BCUT2D eigenvalue weighted by atomic mass is 10.0. The molecule has 0 aliphatic heterocycles. The van der Waals surface area contributed by atoms with Crippen molar-refractivity contribution in [3.05, 3.63) is 18.6 Å². The Morgan fingerprint density at radius 1 is 0.662 bits per heavy atom. The van der Waals surface area contributed by atoms with Gasteiger partial charge >= 0.3 is 12.1 Å². The van der Waals surface area contributed by atoms with Gasteiger partial charge in [-0.15, -0.1) is 5.10 Å². The lowest BCUT2D eigenvalue weighted by molar-refractivity contribution is -0.142. The van der Waals surface area contributed by atoms with Crippen molar-refractivity contribution >= 4 is 41.5 Å². The van der Waals surface area contributed by atoms with Crippen molar-refractivity contribution in [1.29, 1.82) is 0 Å². The summed E-state index contributed by atoms with van der Waals surface area (Å²) in [6.45, 7) is 15.4. The van der Waals surface area contributed by atoms with Gasteiger partial charge in [0.15, 0.2) is 5.16 Å². The third kappa shape index (κ3) is 32.9. The fourth-order valence-corrected chi connectivity index (χ4v) is 6.01. The number of amides is 4. The quantitative estimate of drug-likeness (QED) is 0.0353. The zero-order valence-corrected chi connectivity index (χ0v) is 43.0. The predicted octanol–water partition coefficient (Wildman–Crippen LogP) is 1.13. The van der Waals surface area contributed by atoms with Gasteiger partial charge in [-0.3, -0.25) is 14.4 Å². The molecule has 404 valence electrons. The summed E-state index contributed by atoms with van der Waals surface area (Å²) in [5, 5.41) is 28.8. The lowest BCUT2D eigenvalue weighted by Gasteiger charge is -2.24.